The van der Waals surface area contributed by atoms with Crippen molar-refractivity contribution in [3.05, 3.63) is 16.4 Å². The van der Waals surface area contributed by atoms with Gasteiger partial charge in [-0.25, -0.2) is 0 Å². The lowest BCUT2D eigenvalue weighted by molar-refractivity contribution is -0.388. The van der Waals surface area contributed by atoms with Crippen LogP contribution < -0.4 is 4.90 Å². The first-order valence-corrected chi connectivity index (χ1v) is 6.07. The number of hydrogen-bond donors (Lipinski definition) is 0. The van der Waals surface area contributed by atoms with Crippen LogP contribution in [0.25, 0.3) is 0 Å². The maximum atomic E-state index is 11.6. The van der Waals surface area contributed by atoms with Gasteiger partial charge in [0.1, 0.15) is 6.54 Å². The SMILES string of the molecule is CCCN(CC(=O)OCC)c1c([N+](=O)[O-])ncn1C. The molecule has 0 fully saturated rings. The van der Waals surface area contributed by atoms with Crippen LogP contribution in [0.4, 0.5) is 11.6 Å². The number of aryl methyl sites for hydroxylation is 1. The lowest BCUT2D eigenvalue weighted by Crippen LogP contribution is -2.33. The van der Waals surface area contributed by atoms with Crippen LogP contribution in [0.3, 0.4) is 0 Å². The second-order valence-electron chi connectivity index (χ2n) is 3.99. The normalized spacial score (nSPS) is 10.3. The van der Waals surface area contributed by atoms with Crippen molar-refractivity contribution in [1.82, 2.24) is 9.55 Å². The van der Waals surface area contributed by atoms with E-state index in [1.807, 2.05) is 6.92 Å². The van der Waals surface area contributed by atoms with Gasteiger partial charge in [0.25, 0.3) is 0 Å². The molecule has 0 saturated carbocycles. The van der Waals surface area contributed by atoms with Gasteiger partial charge in [0, 0.05) is 13.6 Å². The Morgan fingerprint density at radius 2 is 2.26 bits per heavy atom. The number of carbonyl (C=O) groups is 1. The van der Waals surface area contributed by atoms with E-state index in [4.69, 9.17) is 4.74 Å². The summed E-state index contributed by atoms with van der Waals surface area (Å²) in [5.74, 6) is -0.341. The zero-order chi connectivity index (χ0) is 14.4. The largest absolute Gasteiger partial charge is 0.465 e. The van der Waals surface area contributed by atoms with Crippen molar-refractivity contribution in [3.63, 3.8) is 0 Å². The van der Waals surface area contributed by atoms with Crippen LogP contribution in [-0.2, 0) is 16.6 Å². The molecule has 0 saturated heterocycles. The average molecular weight is 270 g/mol. The Balaban J connectivity index is 3.01. The topological polar surface area (TPSA) is 90.5 Å². The molecule has 8 nitrogen and oxygen atoms in total. The molecule has 19 heavy (non-hydrogen) atoms. The fourth-order valence-electron chi connectivity index (χ4n) is 1.80. The number of anilines is 1. The fourth-order valence-corrected chi connectivity index (χ4v) is 1.80. The summed E-state index contributed by atoms with van der Waals surface area (Å²) in [5.41, 5.74) is 0. The van der Waals surface area contributed by atoms with Gasteiger partial charge in [-0.2, -0.15) is 0 Å². The fraction of sp³-hybridized carbons (Fsp3) is 0.636. The molecule has 0 aromatic carbocycles. The molecule has 0 atom stereocenters. The van der Waals surface area contributed by atoms with Crippen molar-refractivity contribution in [3.8, 4) is 0 Å². The van der Waals surface area contributed by atoms with Gasteiger partial charge in [0.15, 0.2) is 0 Å². The number of nitrogens with zero attached hydrogens (tertiary/aromatic N) is 4. The van der Waals surface area contributed by atoms with E-state index in [9.17, 15) is 14.9 Å². The predicted octanol–water partition coefficient (Wildman–Crippen LogP) is 1.11. The molecule has 0 unspecified atom stereocenters. The third-order valence-corrected chi connectivity index (χ3v) is 2.48. The number of aromatic nitrogens is 2. The standard InChI is InChI=1S/C11H18N4O4/c1-4-6-14(7-9(16)19-5-2)11-10(15(17)18)12-8-13(11)3/h8H,4-7H2,1-3H3. The highest BCUT2D eigenvalue weighted by atomic mass is 16.6. The summed E-state index contributed by atoms with van der Waals surface area (Å²) in [5, 5.41) is 10.9. The van der Waals surface area contributed by atoms with E-state index in [0.29, 0.717) is 12.4 Å². The summed E-state index contributed by atoms with van der Waals surface area (Å²) in [4.78, 5) is 27.3. The Hall–Kier alpha value is -2.12. The number of carbonyl (C=O) groups excluding carboxylic acids is 1. The molecule has 8 heteroatoms. The van der Waals surface area contributed by atoms with E-state index >= 15 is 0 Å². The van der Waals surface area contributed by atoms with Gasteiger partial charge < -0.3 is 19.8 Å². The second kappa shape index (κ2) is 6.72. The van der Waals surface area contributed by atoms with Crippen molar-refractivity contribution >= 4 is 17.6 Å². The Kier molecular flexibility index (Phi) is 5.28. The molecule has 1 heterocycles. The number of rotatable bonds is 7. The molecule has 0 bridgehead atoms. The minimum atomic E-state index is -0.552. The molecule has 0 N–H and O–H groups in total. The van der Waals surface area contributed by atoms with E-state index < -0.39 is 10.9 Å². The Bertz CT molecular complexity index is 458. The monoisotopic (exact) mass is 270 g/mol. The molecular weight excluding hydrogens is 252 g/mol. The number of ether oxygens (including phenoxy) is 1. The van der Waals surface area contributed by atoms with Crippen molar-refractivity contribution in [2.24, 2.45) is 7.05 Å². The van der Waals surface area contributed by atoms with Crippen LogP contribution in [0.5, 0.6) is 0 Å². The predicted molar refractivity (Wildman–Crippen MR) is 69.0 cm³/mol. The summed E-state index contributed by atoms with van der Waals surface area (Å²) in [7, 11) is 1.66. The first-order chi connectivity index (χ1) is 9.01. The Morgan fingerprint density at radius 1 is 1.58 bits per heavy atom. The zero-order valence-corrected chi connectivity index (χ0v) is 11.3. The van der Waals surface area contributed by atoms with Crippen LogP contribution in [0.2, 0.25) is 0 Å². The summed E-state index contributed by atoms with van der Waals surface area (Å²) in [6, 6.07) is 0. The number of nitro groups is 1. The molecule has 1 rings (SSSR count). The molecule has 0 amide bonds. The Morgan fingerprint density at radius 3 is 2.79 bits per heavy atom. The zero-order valence-electron chi connectivity index (χ0n) is 11.3. The highest BCUT2D eigenvalue weighted by Gasteiger charge is 2.26. The Labute approximate surface area is 111 Å². The van der Waals surface area contributed by atoms with Gasteiger partial charge in [-0.1, -0.05) is 6.92 Å². The maximum absolute atomic E-state index is 11.6. The van der Waals surface area contributed by atoms with Gasteiger partial charge >= 0.3 is 11.8 Å². The average Bonchev–Trinajstić information content (AvgIpc) is 2.71. The van der Waals surface area contributed by atoms with Gasteiger partial charge in [-0.15, -0.1) is 0 Å². The van der Waals surface area contributed by atoms with Crippen LogP contribution in [0.1, 0.15) is 20.3 Å². The molecule has 0 aliphatic rings. The first kappa shape index (κ1) is 14.9. The van der Waals surface area contributed by atoms with Gasteiger partial charge in [-0.3, -0.25) is 9.36 Å². The van der Waals surface area contributed by atoms with Crippen molar-refractivity contribution < 1.29 is 14.5 Å². The van der Waals surface area contributed by atoms with Crippen LogP contribution in [-0.4, -0.2) is 40.1 Å². The molecule has 106 valence electrons. The minimum Gasteiger partial charge on any atom is -0.465 e. The van der Waals surface area contributed by atoms with E-state index in [2.05, 4.69) is 4.98 Å². The highest BCUT2D eigenvalue weighted by molar-refractivity contribution is 5.76. The first-order valence-electron chi connectivity index (χ1n) is 6.07. The number of hydrogen-bond acceptors (Lipinski definition) is 6. The minimum absolute atomic E-state index is 0.0257. The molecule has 1 aromatic rings. The van der Waals surface area contributed by atoms with Crippen molar-refractivity contribution in [1.29, 1.82) is 0 Å². The maximum Gasteiger partial charge on any atom is 0.406 e. The summed E-state index contributed by atoms with van der Waals surface area (Å²) in [6.07, 6.45) is 2.11. The van der Waals surface area contributed by atoms with E-state index in [1.54, 1.807) is 18.9 Å². The molecule has 0 aliphatic carbocycles. The van der Waals surface area contributed by atoms with Crippen molar-refractivity contribution in [2.45, 2.75) is 20.3 Å². The molecular formula is C11H18N4O4. The van der Waals surface area contributed by atoms with E-state index in [0.717, 1.165) is 6.42 Å². The van der Waals surface area contributed by atoms with Crippen molar-refractivity contribution in [2.75, 3.05) is 24.6 Å². The number of imidazole rings is 1. The smallest absolute Gasteiger partial charge is 0.406 e. The van der Waals surface area contributed by atoms with E-state index in [1.165, 1.54) is 10.9 Å². The van der Waals surface area contributed by atoms with Crippen LogP contribution >= 0.6 is 0 Å². The van der Waals surface area contributed by atoms with E-state index in [-0.39, 0.29) is 19.0 Å². The van der Waals surface area contributed by atoms with Gasteiger partial charge in [0.2, 0.25) is 12.1 Å². The molecule has 0 aliphatic heterocycles. The van der Waals surface area contributed by atoms with Gasteiger partial charge in [0.05, 0.1) is 6.61 Å². The second-order valence-corrected chi connectivity index (χ2v) is 3.99. The third-order valence-electron chi connectivity index (χ3n) is 2.48. The highest BCUT2D eigenvalue weighted by Crippen LogP contribution is 2.25. The summed E-state index contributed by atoms with van der Waals surface area (Å²) < 4.78 is 6.41. The van der Waals surface area contributed by atoms with Crippen LogP contribution in [0, 0.1) is 10.1 Å². The number of esters is 1. The van der Waals surface area contributed by atoms with Crippen LogP contribution in [0.15, 0.2) is 6.33 Å². The molecule has 1 aromatic heterocycles. The summed E-state index contributed by atoms with van der Waals surface area (Å²) in [6.45, 7) is 4.42. The molecule has 0 radical (unpaired) electrons. The lowest BCUT2D eigenvalue weighted by atomic mass is 10.4. The quantitative estimate of drug-likeness (QED) is 0.419. The molecule has 0 spiro atoms. The third kappa shape index (κ3) is 3.67. The lowest BCUT2D eigenvalue weighted by Gasteiger charge is -2.21. The van der Waals surface area contributed by atoms with Gasteiger partial charge in [-0.05, 0) is 23.3 Å². The summed E-state index contributed by atoms with van der Waals surface area (Å²) >= 11 is 0.